The lowest BCUT2D eigenvalue weighted by atomic mass is 10.0. The highest BCUT2D eigenvalue weighted by Crippen LogP contribution is 2.44. The molecular weight excluding hydrogens is 522 g/mol. The standard InChI is InChI=1S/C29H26FN2O4PS/c1-37(2,35)28-23-11-12-31-25(23)16-24(30)27(28)36-22-8-4-7-20(15-22)29-32-21(17-38-29)14-19-6-3-5-18(13-19)9-10-26(33)34/h3-8,11-13,15-17,31H,9-10,14H2,1-2H3,(H,33,34). The first-order chi connectivity index (χ1) is 18.2. The Labute approximate surface area is 223 Å². The summed E-state index contributed by atoms with van der Waals surface area (Å²) in [4.78, 5) is 18.6. The van der Waals surface area contributed by atoms with Crippen molar-refractivity contribution >= 4 is 40.7 Å². The molecule has 2 heterocycles. The van der Waals surface area contributed by atoms with Crippen LogP contribution in [0.15, 0.2) is 72.2 Å². The van der Waals surface area contributed by atoms with Crippen molar-refractivity contribution in [2.75, 3.05) is 13.3 Å². The topological polar surface area (TPSA) is 92.3 Å². The minimum atomic E-state index is -2.87. The molecule has 5 aromatic rings. The zero-order valence-corrected chi connectivity index (χ0v) is 22.6. The van der Waals surface area contributed by atoms with E-state index in [2.05, 4.69) is 4.98 Å². The molecule has 0 bridgehead atoms. The van der Waals surface area contributed by atoms with Crippen LogP contribution in [0.4, 0.5) is 4.39 Å². The number of thiazole rings is 1. The van der Waals surface area contributed by atoms with Crippen molar-refractivity contribution in [3.8, 4) is 22.1 Å². The lowest BCUT2D eigenvalue weighted by Crippen LogP contribution is -2.10. The van der Waals surface area contributed by atoms with Crippen LogP contribution in [0.25, 0.3) is 21.5 Å². The fraction of sp³-hybridized carbons (Fsp3) is 0.172. The fourth-order valence-electron chi connectivity index (χ4n) is 4.45. The molecular formula is C29H26FN2O4PS. The summed E-state index contributed by atoms with van der Waals surface area (Å²) >= 11 is 1.50. The van der Waals surface area contributed by atoms with Gasteiger partial charge in [0.25, 0.3) is 0 Å². The predicted molar refractivity (Wildman–Crippen MR) is 150 cm³/mol. The number of fused-ring (bicyclic) bond motifs is 1. The van der Waals surface area contributed by atoms with Crippen molar-refractivity contribution in [2.45, 2.75) is 19.3 Å². The number of nitrogens with zero attached hydrogens (tertiary/aromatic N) is 1. The summed E-state index contributed by atoms with van der Waals surface area (Å²) in [7, 11) is -2.87. The van der Waals surface area contributed by atoms with Crippen LogP contribution < -0.4 is 10.0 Å². The van der Waals surface area contributed by atoms with Crippen LogP contribution in [0.3, 0.4) is 0 Å². The van der Waals surface area contributed by atoms with Crippen LogP contribution in [0.5, 0.6) is 11.5 Å². The number of hydrogen-bond donors (Lipinski definition) is 2. The molecule has 2 N–H and O–H groups in total. The molecule has 0 saturated heterocycles. The third-order valence-corrected chi connectivity index (χ3v) is 8.59. The van der Waals surface area contributed by atoms with E-state index in [1.165, 1.54) is 17.4 Å². The number of H-pyrrole nitrogens is 1. The first-order valence-corrected chi connectivity index (χ1v) is 15.5. The summed E-state index contributed by atoms with van der Waals surface area (Å²) in [5.74, 6) is -0.987. The summed E-state index contributed by atoms with van der Waals surface area (Å²) in [6.07, 6.45) is 2.91. The van der Waals surface area contributed by atoms with Gasteiger partial charge in [-0.2, -0.15) is 0 Å². The number of halogens is 1. The number of hydrogen-bond acceptors (Lipinski definition) is 5. The highest BCUT2D eigenvalue weighted by molar-refractivity contribution is 7.70. The minimum Gasteiger partial charge on any atom is -0.481 e. The first-order valence-electron chi connectivity index (χ1n) is 12.0. The third-order valence-electron chi connectivity index (χ3n) is 6.13. The third kappa shape index (κ3) is 5.72. The lowest BCUT2D eigenvalue weighted by Gasteiger charge is -2.17. The Balaban J connectivity index is 1.39. The van der Waals surface area contributed by atoms with E-state index in [-0.39, 0.29) is 12.2 Å². The van der Waals surface area contributed by atoms with Gasteiger partial charge in [-0.3, -0.25) is 4.79 Å². The van der Waals surface area contributed by atoms with Crippen LogP contribution in [-0.4, -0.2) is 34.4 Å². The maximum atomic E-state index is 15.1. The fourth-order valence-corrected chi connectivity index (χ4v) is 6.69. The molecule has 38 heavy (non-hydrogen) atoms. The van der Waals surface area contributed by atoms with Gasteiger partial charge in [0.2, 0.25) is 0 Å². The van der Waals surface area contributed by atoms with E-state index < -0.39 is 18.9 Å². The van der Waals surface area contributed by atoms with E-state index in [1.807, 2.05) is 41.8 Å². The Morgan fingerprint density at radius 1 is 1.11 bits per heavy atom. The maximum Gasteiger partial charge on any atom is 0.303 e. The summed E-state index contributed by atoms with van der Waals surface area (Å²) < 4.78 is 34.3. The van der Waals surface area contributed by atoms with Gasteiger partial charge in [0, 0.05) is 47.0 Å². The molecule has 0 aliphatic rings. The SMILES string of the molecule is CP(C)(=O)c1c(Oc2cccc(-c3nc(Cc4cccc(CCC(=O)O)c4)cs3)c2)c(F)cc2[nH]ccc12. The largest absolute Gasteiger partial charge is 0.481 e. The molecule has 0 saturated carbocycles. The van der Waals surface area contributed by atoms with Gasteiger partial charge in [-0.15, -0.1) is 11.3 Å². The predicted octanol–water partition coefficient (Wildman–Crippen LogP) is 7.08. The van der Waals surface area contributed by atoms with Gasteiger partial charge in [-0.25, -0.2) is 9.37 Å². The summed E-state index contributed by atoms with van der Waals surface area (Å²) in [6.45, 7) is 3.22. The second-order valence-corrected chi connectivity index (χ2v) is 13.5. The number of nitrogens with one attached hydrogen (secondary N) is 1. The second-order valence-electron chi connectivity index (χ2n) is 9.49. The van der Waals surface area contributed by atoms with E-state index in [0.717, 1.165) is 27.4 Å². The summed E-state index contributed by atoms with van der Waals surface area (Å²) in [5.41, 5.74) is 4.35. The van der Waals surface area contributed by atoms with Crippen molar-refractivity contribution in [2.24, 2.45) is 0 Å². The molecule has 0 aliphatic carbocycles. The Bertz CT molecular complexity index is 1690. The molecule has 2 aromatic heterocycles. The number of carboxylic acids is 1. The molecule has 0 amide bonds. The van der Waals surface area contributed by atoms with Crippen LogP contribution in [0.2, 0.25) is 0 Å². The first kappa shape index (κ1) is 25.9. The molecule has 9 heteroatoms. The maximum absolute atomic E-state index is 15.1. The number of carbonyl (C=O) groups is 1. The Kier molecular flexibility index (Phi) is 7.19. The number of benzene rings is 3. The van der Waals surface area contributed by atoms with E-state index in [1.54, 1.807) is 37.7 Å². The van der Waals surface area contributed by atoms with Crippen molar-refractivity contribution in [1.29, 1.82) is 0 Å². The monoisotopic (exact) mass is 548 g/mol. The highest BCUT2D eigenvalue weighted by atomic mass is 32.1. The van der Waals surface area contributed by atoms with Gasteiger partial charge in [-0.1, -0.05) is 36.4 Å². The Morgan fingerprint density at radius 2 is 1.89 bits per heavy atom. The van der Waals surface area contributed by atoms with Gasteiger partial charge in [-0.05, 0) is 49.1 Å². The normalized spacial score (nSPS) is 11.7. The van der Waals surface area contributed by atoms with E-state index in [0.29, 0.717) is 34.8 Å². The minimum absolute atomic E-state index is 0.0230. The average molecular weight is 549 g/mol. The Hall–Kier alpha value is -3.74. The van der Waals surface area contributed by atoms with E-state index in [4.69, 9.17) is 14.8 Å². The molecule has 0 atom stereocenters. The highest BCUT2D eigenvalue weighted by Gasteiger charge is 2.25. The molecule has 6 nitrogen and oxygen atoms in total. The summed E-state index contributed by atoms with van der Waals surface area (Å²) in [5, 5.41) is 12.8. The zero-order valence-electron chi connectivity index (χ0n) is 20.9. The number of carboxylic acid groups (broad SMARTS) is 1. The van der Waals surface area contributed by atoms with Crippen molar-refractivity contribution in [3.63, 3.8) is 0 Å². The van der Waals surface area contributed by atoms with Gasteiger partial charge >= 0.3 is 5.97 Å². The van der Waals surface area contributed by atoms with Crippen molar-refractivity contribution < 1.29 is 23.6 Å². The molecule has 0 unspecified atom stereocenters. The number of aryl methyl sites for hydroxylation is 1. The van der Waals surface area contributed by atoms with Gasteiger partial charge in [0.15, 0.2) is 11.6 Å². The van der Waals surface area contributed by atoms with E-state index >= 15 is 4.39 Å². The Morgan fingerprint density at radius 3 is 2.68 bits per heavy atom. The van der Waals surface area contributed by atoms with Gasteiger partial charge < -0.3 is 19.4 Å². The molecule has 5 rings (SSSR count). The molecule has 0 fully saturated rings. The van der Waals surface area contributed by atoms with E-state index in [9.17, 15) is 9.36 Å². The smallest absolute Gasteiger partial charge is 0.303 e. The van der Waals surface area contributed by atoms with Gasteiger partial charge in [0.1, 0.15) is 17.9 Å². The molecule has 0 radical (unpaired) electrons. The average Bonchev–Trinajstić information content (AvgIpc) is 3.52. The second kappa shape index (κ2) is 10.6. The van der Waals surface area contributed by atoms with Crippen molar-refractivity contribution in [3.05, 3.63) is 94.9 Å². The van der Waals surface area contributed by atoms with Crippen LogP contribution in [0.1, 0.15) is 23.2 Å². The number of rotatable bonds is 9. The molecule has 0 spiro atoms. The number of aliphatic carboxylic acids is 1. The zero-order chi connectivity index (χ0) is 26.9. The number of ether oxygens (including phenoxy) is 1. The molecule has 194 valence electrons. The number of aromatic nitrogens is 2. The van der Waals surface area contributed by atoms with Gasteiger partial charge in [0.05, 0.1) is 11.0 Å². The summed E-state index contributed by atoms with van der Waals surface area (Å²) in [6, 6.07) is 18.3. The lowest BCUT2D eigenvalue weighted by molar-refractivity contribution is -0.136. The molecule has 3 aromatic carbocycles. The van der Waals surface area contributed by atoms with Crippen LogP contribution in [-0.2, 0) is 22.2 Å². The molecule has 0 aliphatic heterocycles. The van der Waals surface area contributed by atoms with Crippen LogP contribution >= 0.6 is 18.5 Å². The van der Waals surface area contributed by atoms with Crippen molar-refractivity contribution in [1.82, 2.24) is 9.97 Å². The quantitative estimate of drug-likeness (QED) is 0.192. The van der Waals surface area contributed by atoms with Crippen LogP contribution in [0, 0.1) is 5.82 Å². The number of aromatic amines is 1.